The predicted octanol–water partition coefficient (Wildman–Crippen LogP) is 4.03. The van der Waals surface area contributed by atoms with E-state index < -0.39 is 0 Å². The van der Waals surface area contributed by atoms with Gasteiger partial charge in [0.05, 0.1) is 9.85 Å². The second-order valence-corrected chi connectivity index (χ2v) is 9.14. The van der Waals surface area contributed by atoms with Crippen LogP contribution in [0.25, 0.3) is 0 Å². The minimum atomic E-state index is -0.321. The Labute approximate surface area is 189 Å². The van der Waals surface area contributed by atoms with Gasteiger partial charge in [-0.3, -0.25) is 20.2 Å². The van der Waals surface area contributed by atoms with Gasteiger partial charge >= 0.3 is 0 Å². The number of hydrogen-bond donors (Lipinski definition) is 0. The van der Waals surface area contributed by atoms with Crippen LogP contribution in [0.15, 0.2) is 36.4 Å². The van der Waals surface area contributed by atoms with Crippen LogP contribution in [0.4, 0.5) is 11.4 Å². The van der Waals surface area contributed by atoms with Crippen molar-refractivity contribution >= 4 is 11.4 Å². The Hall–Kier alpha value is -2.84. The molecule has 0 fully saturated rings. The van der Waals surface area contributed by atoms with Crippen LogP contribution in [-0.4, -0.2) is 59.9 Å². The molecule has 0 radical (unpaired) electrons. The molecule has 2 unspecified atom stereocenters. The van der Waals surface area contributed by atoms with E-state index in [-0.39, 0.29) is 21.2 Å². The number of non-ortho nitro benzene ring substituents is 2. The lowest BCUT2D eigenvalue weighted by molar-refractivity contribution is -0.385. The number of nitro benzene ring substituents is 2. The summed E-state index contributed by atoms with van der Waals surface area (Å²) < 4.78 is 0. The van der Waals surface area contributed by atoms with Gasteiger partial charge in [-0.1, -0.05) is 12.1 Å². The van der Waals surface area contributed by atoms with Crippen LogP contribution in [-0.2, 0) is 25.7 Å². The summed E-state index contributed by atoms with van der Waals surface area (Å²) >= 11 is 0. The standard InChI is InChI=1S/2C12H16N2O2/c1-13(2)11-5-3-10-8-12(14(15)16)6-4-9(10)7-11;1-13(2)11-5-3-9-4-6-12(14(15)16)8-10(9)7-11/h2*4,6,8,11H,3,5,7H2,1-2H3. The molecule has 0 heterocycles. The van der Waals surface area contributed by atoms with Crippen LogP contribution >= 0.6 is 0 Å². The maximum absolute atomic E-state index is 10.7. The van der Waals surface area contributed by atoms with Crippen LogP contribution in [0.2, 0.25) is 0 Å². The Morgan fingerprint density at radius 2 is 1.12 bits per heavy atom. The van der Waals surface area contributed by atoms with Gasteiger partial charge in [-0.05, 0) is 89.0 Å². The van der Waals surface area contributed by atoms with E-state index in [4.69, 9.17) is 0 Å². The molecule has 0 bridgehead atoms. The Kier molecular flexibility index (Phi) is 7.58. The molecule has 0 N–H and O–H groups in total. The van der Waals surface area contributed by atoms with E-state index in [9.17, 15) is 20.2 Å². The quantitative estimate of drug-likeness (QED) is 0.526. The lowest BCUT2D eigenvalue weighted by Gasteiger charge is -2.29. The highest BCUT2D eigenvalue weighted by Gasteiger charge is 2.23. The molecule has 8 heteroatoms. The summed E-state index contributed by atoms with van der Waals surface area (Å²) in [5.74, 6) is 0. The molecular weight excluding hydrogens is 408 g/mol. The maximum atomic E-state index is 10.7. The van der Waals surface area contributed by atoms with Crippen molar-refractivity contribution in [3.05, 3.63) is 78.9 Å². The molecule has 32 heavy (non-hydrogen) atoms. The highest BCUT2D eigenvalue weighted by Crippen LogP contribution is 2.28. The smallest absolute Gasteiger partial charge is 0.269 e. The molecular formula is C24H32N4O4. The molecule has 2 aromatic carbocycles. The first-order chi connectivity index (χ1) is 15.2. The highest BCUT2D eigenvalue weighted by atomic mass is 16.6. The van der Waals surface area contributed by atoms with Gasteiger partial charge in [0, 0.05) is 36.3 Å². The first-order valence-corrected chi connectivity index (χ1v) is 11.0. The molecule has 0 spiro atoms. The van der Waals surface area contributed by atoms with Crippen LogP contribution in [0.1, 0.15) is 35.1 Å². The molecule has 0 saturated heterocycles. The Morgan fingerprint density at radius 3 is 1.62 bits per heavy atom. The largest absolute Gasteiger partial charge is 0.306 e. The van der Waals surface area contributed by atoms with E-state index in [1.165, 1.54) is 11.1 Å². The molecule has 2 aliphatic rings. The molecule has 2 atom stereocenters. The molecule has 2 aromatic rings. The fourth-order valence-electron chi connectivity index (χ4n) is 4.56. The topological polar surface area (TPSA) is 92.8 Å². The molecule has 0 aliphatic heterocycles. The summed E-state index contributed by atoms with van der Waals surface area (Å²) in [6, 6.07) is 11.5. The number of aryl methyl sites for hydroxylation is 2. The van der Waals surface area contributed by atoms with Crippen molar-refractivity contribution in [2.45, 2.75) is 50.6 Å². The zero-order valence-electron chi connectivity index (χ0n) is 19.3. The summed E-state index contributed by atoms with van der Waals surface area (Å²) in [4.78, 5) is 25.1. The van der Waals surface area contributed by atoms with Crippen molar-refractivity contribution < 1.29 is 9.85 Å². The minimum absolute atomic E-state index is 0.207. The van der Waals surface area contributed by atoms with E-state index in [1.54, 1.807) is 24.3 Å². The molecule has 0 aromatic heterocycles. The monoisotopic (exact) mass is 440 g/mol. The highest BCUT2D eigenvalue weighted by molar-refractivity contribution is 5.42. The van der Waals surface area contributed by atoms with Gasteiger partial charge in [-0.25, -0.2) is 0 Å². The third kappa shape index (κ3) is 5.69. The molecule has 0 amide bonds. The Bertz CT molecular complexity index is 990. The van der Waals surface area contributed by atoms with Crippen LogP contribution in [0.5, 0.6) is 0 Å². The summed E-state index contributed by atoms with van der Waals surface area (Å²) in [5.41, 5.74) is 5.23. The lowest BCUT2D eigenvalue weighted by Crippen LogP contribution is -2.33. The number of nitro groups is 2. The number of nitrogens with zero attached hydrogens (tertiary/aromatic N) is 4. The van der Waals surface area contributed by atoms with E-state index in [1.807, 2.05) is 12.1 Å². The van der Waals surface area contributed by atoms with Crippen LogP contribution in [0.3, 0.4) is 0 Å². The Balaban J connectivity index is 0.000000181. The van der Waals surface area contributed by atoms with E-state index in [0.717, 1.165) is 49.7 Å². The van der Waals surface area contributed by atoms with E-state index in [2.05, 4.69) is 38.0 Å². The van der Waals surface area contributed by atoms with E-state index >= 15 is 0 Å². The van der Waals surface area contributed by atoms with Crippen molar-refractivity contribution in [1.29, 1.82) is 0 Å². The van der Waals surface area contributed by atoms with Gasteiger partial charge in [-0.15, -0.1) is 0 Å². The van der Waals surface area contributed by atoms with Gasteiger partial charge in [-0.2, -0.15) is 0 Å². The average molecular weight is 441 g/mol. The summed E-state index contributed by atoms with van der Waals surface area (Å²) in [5, 5.41) is 21.4. The van der Waals surface area contributed by atoms with Crippen LogP contribution < -0.4 is 0 Å². The van der Waals surface area contributed by atoms with Crippen molar-refractivity contribution in [1.82, 2.24) is 9.80 Å². The van der Waals surface area contributed by atoms with Gasteiger partial charge in [0.2, 0.25) is 0 Å². The molecule has 2 aliphatic carbocycles. The van der Waals surface area contributed by atoms with Gasteiger partial charge in [0.1, 0.15) is 0 Å². The van der Waals surface area contributed by atoms with Gasteiger partial charge in [0.15, 0.2) is 0 Å². The number of rotatable bonds is 4. The zero-order chi connectivity index (χ0) is 23.4. The normalized spacial score (nSPS) is 19.6. The van der Waals surface area contributed by atoms with Gasteiger partial charge in [0.25, 0.3) is 11.4 Å². The molecule has 8 nitrogen and oxygen atoms in total. The molecule has 172 valence electrons. The predicted molar refractivity (Wildman–Crippen MR) is 125 cm³/mol. The number of hydrogen-bond acceptors (Lipinski definition) is 6. The lowest BCUT2D eigenvalue weighted by atomic mass is 9.87. The third-order valence-electron chi connectivity index (χ3n) is 6.67. The first-order valence-electron chi connectivity index (χ1n) is 11.0. The van der Waals surface area contributed by atoms with E-state index in [0.29, 0.717) is 12.1 Å². The summed E-state index contributed by atoms with van der Waals surface area (Å²) in [6.45, 7) is 0. The van der Waals surface area contributed by atoms with Crippen molar-refractivity contribution in [2.24, 2.45) is 0 Å². The summed E-state index contributed by atoms with van der Waals surface area (Å²) in [7, 11) is 8.29. The second-order valence-electron chi connectivity index (χ2n) is 9.14. The van der Waals surface area contributed by atoms with Crippen molar-refractivity contribution in [2.75, 3.05) is 28.2 Å². The van der Waals surface area contributed by atoms with Crippen LogP contribution in [0, 0.1) is 20.2 Å². The Morgan fingerprint density at radius 1 is 0.688 bits per heavy atom. The van der Waals surface area contributed by atoms with Crippen molar-refractivity contribution in [3.63, 3.8) is 0 Å². The molecule has 0 saturated carbocycles. The fourth-order valence-corrected chi connectivity index (χ4v) is 4.56. The second kappa shape index (κ2) is 10.2. The maximum Gasteiger partial charge on any atom is 0.269 e. The van der Waals surface area contributed by atoms with Gasteiger partial charge < -0.3 is 9.80 Å². The number of benzene rings is 2. The fraction of sp³-hybridized carbons (Fsp3) is 0.500. The summed E-state index contributed by atoms with van der Waals surface area (Å²) in [6.07, 6.45) is 6.11. The first kappa shape index (κ1) is 23.8. The minimum Gasteiger partial charge on any atom is -0.306 e. The zero-order valence-corrected chi connectivity index (χ0v) is 19.3. The third-order valence-corrected chi connectivity index (χ3v) is 6.67. The number of fused-ring (bicyclic) bond motifs is 2. The number of likely N-dealkylation sites (N-methyl/N-ethyl adjacent to an activating group) is 2. The van der Waals surface area contributed by atoms with Crippen molar-refractivity contribution in [3.8, 4) is 0 Å². The average Bonchev–Trinajstić information content (AvgIpc) is 2.77. The SMILES string of the molecule is CN(C)C1CCc2cc([N+](=O)[O-])ccc2C1.CN(C)C1CCc2ccc([N+](=O)[O-])cc2C1. The molecule has 4 rings (SSSR count).